The third kappa shape index (κ3) is 1.86. The molecule has 72 valence electrons. The van der Waals surface area contributed by atoms with E-state index >= 15 is 0 Å². The van der Waals surface area contributed by atoms with Gasteiger partial charge in [0.05, 0.1) is 0 Å². The van der Waals surface area contributed by atoms with E-state index < -0.39 is 0 Å². The van der Waals surface area contributed by atoms with Gasteiger partial charge in [-0.15, -0.1) is 11.3 Å². The summed E-state index contributed by atoms with van der Waals surface area (Å²) in [4.78, 5) is 8.65. The fourth-order valence-electron chi connectivity index (χ4n) is 1.18. The maximum absolute atomic E-state index is 4.44. The van der Waals surface area contributed by atoms with Crippen LogP contribution in [0, 0.1) is 13.8 Å². The van der Waals surface area contributed by atoms with Gasteiger partial charge < -0.3 is 0 Å². The second-order valence-electron chi connectivity index (χ2n) is 3.10. The Labute approximate surface area is 95.2 Å². The molecule has 0 spiro atoms. The zero-order valence-corrected chi connectivity index (χ0v) is 10.3. The Morgan fingerprint density at radius 1 is 1.29 bits per heavy atom. The van der Waals surface area contributed by atoms with E-state index in [0.717, 1.165) is 26.4 Å². The number of aromatic nitrogens is 2. The molecule has 2 aromatic rings. The maximum atomic E-state index is 4.44. The second kappa shape index (κ2) is 3.79. The molecule has 0 saturated heterocycles. The zero-order valence-electron chi connectivity index (χ0n) is 7.91. The molecule has 14 heavy (non-hydrogen) atoms. The van der Waals surface area contributed by atoms with Crippen LogP contribution in [-0.2, 0) is 0 Å². The molecule has 0 amide bonds. The highest BCUT2D eigenvalue weighted by molar-refractivity contribution is 9.10. The Bertz CT molecular complexity index is 465. The lowest BCUT2D eigenvalue weighted by Crippen LogP contribution is -1.85. The Morgan fingerprint density at radius 2 is 2.07 bits per heavy atom. The van der Waals surface area contributed by atoms with Crippen LogP contribution in [0.5, 0.6) is 0 Å². The summed E-state index contributed by atoms with van der Waals surface area (Å²) in [6.45, 7) is 3.98. The first-order chi connectivity index (χ1) is 6.66. The van der Waals surface area contributed by atoms with E-state index in [1.807, 2.05) is 26.1 Å². The van der Waals surface area contributed by atoms with Crippen molar-refractivity contribution in [1.82, 2.24) is 9.97 Å². The normalized spacial score (nSPS) is 10.5. The molecule has 0 aliphatic rings. The van der Waals surface area contributed by atoms with Gasteiger partial charge in [-0.2, -0.15) is 0 Å². The number of nitrogens with zero attached hydrogens (tertiary/aromatic N) is 2. The van der Waals surface area contributed by atoms with E-state index in [4.69, 9.17) is 0 Å². The molecule has 4 heteroatoms. The molecule has 0 unspecified atom stereocenters. The van der Waals surface area contributed by atoms with Crippen molar-refractivity contribution < 1.29 is 0 Å². The van der Waals surface area contributed by atoms with Gasteiger partial charge >= 0.3 is 0 Å². The van der Waals surface area contributed by atoms with Gasteiger partial charge in [-0.05, 0) is 35.8 Å². The summed E-state index contributed by atoms with van der Waals surface area (Å²) < 4.78 is 0.998. The van der Waals surface area contributed by atoms with E-state index in [0.29, 0.717) is 0 Å². The SMILES string of the molecule is Cc1cc(-c2nc(C)cs2)c(Br)cn1. The monoisotopic (exact) mass is 268 g/mol. The molecule has 0 N–H and O–H groups in total. The molecule has 0 saturated carbocycles. The van der Waals surface area contributed by atoms with Crippen LogP contribution in [-0.4, -0.2) is 9.97 Å². The lowest BCUT2D eigenvalue weighted by Gasteiger charge is -2.00. The number of hydrogen-bond acceptors (Lipinski definition) is 3. The molecule has 2 aromatic heterocycles. The summed E-state index contributed by atoms with van der Waals surface area (Å²) in [5.41, 5.74) is 3.19. The van der Waals surface area contributed by atoms with E-state index in [2.05, 4.69) is 31.3 Å². The van der Waals surface area contributed by atoms with Crippen LogP contribution in [0.4, 0.5) is 0 Å². The predicted octanol–water partition coefficient (Wildman–Crippen LogP) is 3.58. The van der Waals surface area contributed by atoms with Crippen LogP contribution in [0.25, 0.3) is 10.6 Å². The molecule has 2 nitrogen and oxygen atoms in total. The number of rotatable bonds is 1. The molecule has 0 aliphatic carbocycles. The van der Waals surface area contributed by atoms with Crippen molar-refractivity contribution in [2.75, 3.05) is 0 Å². The quantitative estimate of drug-likeness (QED) is 0.790. The van der Waals surface area contributed by atoms with Gasteiger partial charge in [0, 0.05) is 33.0 Å². The van der Waals surface area contributed by atoms with Crippen molar-refractivity contribution in [2.45, 2.75) is 13.8 Å². The Balaban J connectivity index is 2.55. The highest BCUT2D eigenvalue weighted by Gasteiger charge is 2.07. The van der Waals surface area contributed by atoms with Crippen molar-refractivity contribution in [3.05, 3.63) is 33.5 Å². The Hall–Kier alpha value is -0.740. The number of halogens is 1. The molecule has 0 aromatic carbocycles. The molecule has 0 aliphatic heterocycles. The molecule has 0 fully saturated rings. The average molecular weight is 269 g/mol. The summed E-state index contributed by atoms with van der Waals surface area (Å²) in [6, 6.07) is 2.04. The van der Waals surface area contributed by atoms with Crippen LogP contribution < -0.4 is 0 Å². The summed E-state index contributed by atoms with van der Waals surface area (Å²) in [7, 11) is 0. The second-order valence-corrected chi connectivity index (χ2v) is 4.81. The zero-order chi connectivity index (χ0) is 10.1. The molecule has 0 radical (unpaired) electrons. The van der Waals surface area contributed by atoms with Crippen LogP contribution in [0.2, 0.25) is 0 Å². The highest BCUT2D eigenvalue weighted by Crippen LogP contribution is 2.30. The van der Waals surface area contributed by atoms with Crippen LogP contribution in [0.3, 0.4) is 0 Å². The van der Waals surface area contributed by atoms with Crippen LogP contribution in [0.15, 0.2) is 22.1 Å². The minimum absolute atomic E-state index is 0.998. The average Bonchev–Trinajstić information content (AvgIpc) is 2.56. The van der Waals surface area contributed by atoms with Gasteiger partial charge in [-0.25, -0.2) is 4.98 Å². The smallest absolute Gasteiger partial charge is 0.124 e. The van der Waals surface area contributed by atoms with Gasteiger partial charge in [0.1, 0.15) is 5.01 Å². The van der Waals surface area contributed by atoms with E-state index in [-0.39, 0.29) is 0 Å². The molecule has 2 heterocycles. The summed E-state index contributed by atoms with van der Waals surface area (Å²) in [5.74, 6) is 0. The lowest BCUT2D eigenvalue weighted by atomic mass is 10.2. The molecular weight excluding hydrogens is 260 g/mol. The standard InChI is InChI=1S/C10H9BrN2S/c1-6-3-8(9(11)4-12-6)10-13-7(2)5-14-10/h3-5H,1-2H3. The molecule has 0 bridgehead atoms. The summed E-state index contributed by atoms with van der Waals surface area (Å²) in [6.07, 6.45) is 1.82. The van der Waals surface area contributed by atoms with Gasteiger partial charge in [0.15, 0.2) is 0 Å². The van der Waals surface area contributed by atoms with Gasteiger partial charge in [0.2, 0.25) is 0 Å². The van der Waals surface area contributed by atoms with E-state index in [1.165, 1.54) is 0 Å². The minimum Gasteiger partial charge on any atom is -0.260 e. The van der Waals surface area contributed by atoms with Crippen molar-refractivity contribution in [1.29, 1.82) is 0 Å². The van der Waals surface area contributed by atoms with Gasteiger partial charge in [-0.1, -0.05) is 0 Å². The third-order valence-corrected chi connectivity index (χ3v) is 3.47. The fraction of sp³-hybridized carbons (Fsp3) is 0.200. The van der Waals surface area contributed by atoms with E-state index in [1.54, 1.807) is 11.3 Å². The van der Waals surface area contributed by atoms with Crippen LogP contribution >= 0.6 is 27.3 Å². The lowest BCUT2D eigenvalue weighted by molar-refractivity contribution is 1.18. The number of thiazole rings is 1. The largest absolute Gasteiger partial charge is 0.260 e. The van der Waals surface area contributed by atoms with Gasteiger partial charge in [-0.3, -0.25) is 4.98 Å². The predicted molar refractivity (Wildman–Crippen MR) is 62.5 cm³/mol. The number of pyridine rings is 1. The topological polar surface area (TPSA) is 25.8 Å². The summed E-state index contributed by atoms with van der Waals surface area (Å²) in [5, 5.41) is 3.09. The van der Waals surface area contributed by atoms with Crippen molar-refractivity contribution in [2.24, 2.45) is 0 Å². The highest BCUT2D eigenvalue weighted by atomic mass is 79.9. The third-order valence-electron chi connectivity index (χ3n) is 1.84. The van der Waals surface area contributed by atoms with Crippen molar-refractivity contribution >= 4 is 27.3 Å². The molecular formula is C10H9BrN2S. The molecule has 2 rings (SSSR count). The minimum atomic E-state index is 0.998. The number of hydrogen-bond donors (Lipinski definition) is 0. The number of aryl methyl sites for hydroxylation is 2. The Morgan fingerprint density at radius 3 is 2.71 bits per heavy atom. The first-order valence-corrected chi connectivity index (χ1v) is 5.89. The summed E-state index contributed by atoms with van der Waals surface area (Å²) >= 11 is 5.14. The fourth-order valence-corrected chi connectivity index (χ4v) is 2.55. The maximum Gasteiger partial charge on any atom is 0.124 e. The van der Waals surface area contributed by atoms with Gasteiger partial charge in [0.25, 0.3) is 0 Å². The first kappa shape index (κ1) is 9.80. The van der Waals surface area contributed by atoms with Crippen molar-refractivity contribution in [3.63, 3.8) is 0 Å². The van der Waals surface area contributed by atoms with Crippen LogP contribution in [0.1, 0.15) is 11.4 Å². The molecule has 0 atom stereocenters. The Kier molecular flexibility index (Phi) is 2.65. The van der Waals surface area contributed by atoms with E-state index in [9.17, 15) is 0 Å². The first-order valence-electron chi connectivity index (χ1n) is 4.21. The van der Waals surface area contributed by atoms with Crippen molar-refractivity contribution in [3.8, 4) is 10.6 Å².